The summed E-state index contributed by atoms with van der Waals surface area (Å²) in [5, 5.41) is 2.24. The van der Waals surface area contributed by atoms with Crippen molar-refractivity contribution in [1.82, 2.24) is 4.98 Å². The van der Waals surface area contributed by atoms with Gasteiger partial charge >= 0.3 is 0 Å². The average molecular weight is 471 g/mol. The smallest absolute Gasteiger partial charge is 0.210 e. The van der Waals surface area contributed by atoms with Gasteiger partial charge in [0.2, 0.25) is 5.78 Å². The van der Waals surface area contributed by atoms with Gasteiger partial charge in [-0.2, -0.15) is 0 Å². The number of Topliss-reactive ketones (excluding diaryl/α,β-unsaturated/α-hetero) is 2. The molecule has 7 heteroatoms. The fourth-order valence-corrected chi connectivity index (χ4v) is 6.01. The van der Waals surface area contributed by atoms with E-state index in [4.69, 9.17) is 0 Å². The highest BCUT2D eigenvalue weighted by atomic mass is 32.2. The number of carbonyl (C=O) groups excluding carboxylic acids is 2. The number of nitrogens with one attached hydrogen (secondary N) is 1. The van der Waals surface area contributed by atoms with Crippen LogP contribution in [0, 0.1) is 5.92 Å². The molecular formula is C27H22N2O4S. The van der Waals surface area contributed by atoms with E-state index in [0.29, 0.717) is 28.1 Å². The van der Waals surface area contributed by atoms with Gasteiger partial charge in [-0.1, -0.05) is 56.3 Å². The fourth-order valence-electron chi connectivity index (χ4n) is 4.43. The lowest BCUT2D eigenvalue weighted by Crippen LogP contribution is -2.28. The van der Waals surface area contributed by atoms with Gasteiger partial charge < -0.3 is 5.32 Å². The molecule has 0 bridgehead atoms. The van der Waals surface area contributed by atoms with E-state index in [9.17, 15) is 18.0 Å². The van der Waals surface area contributed by atoms with Crippen LogP contribution in [-0.2, 0) is 9.84 Å². The molecule has 1 atom stereocenters. The molecule has 2 aromatic carbocycles. The third-order valence-electron chi connectivity index (χ3n) is 6.11. The Morgan fingerprint density at radius 3 is 2.24 bits per heavy atom. The summed E-state index contributed by atoms with van der Waals surface area (Å²) in [7, 11) is -3.70. The zero-order valence-corrected chi connectivity index (χ0v) is 19.5. The molecule has 1 unspecified atom stereocenters. The number of hydrogen-bond donors (Lipinski definition) is 1. The monoisotopic (exact) mass is 470 g/mol. The summed E-state index contributed by atoms with van der Waals surface area (Å²) in [4.78, 5) is 30.7. The van der Waals surface area contributed by atoms with Crippen LogP contribution in [-0.4, -0.2) is 25.0 Å². The summed E-state index contributed by atoms with van der Waals surface area (Å²) in [6.07, 6.45) is 4.99. The maximum Gasteiger partial charge on any atom is 0.210 e. The second-order valence-electron chi connectivity index (χ2n) is 8.60. The lowest BCUT2D eigenvalue weighted by molar-refractivity contribution is 0.0968. The summed E-state index contributed by atoms with van der Waals surface area (Å²) >= 11 is 0. The second-order valence-corrected chi connectivity index (χ2v) is 10.7. The third-order valence-corrected chi connectivity index (χ3v) is 8.09. The Hall–Kier alpha value is -3.84. The number of allylic oxidation sites excluding steroid dienone is 2. The highest BCUT2D eigenvalue weighted by Crippen LogP contribution is 2.37. The number of ketones is 2. The van der Waals surface area contributed by atoms with E-state index >= 15 is 0 Å². The van der Waals surface area contributed by atoms with E-state index < -0.39 is 15.1 Å². The molecule has 0 fully saturated rings. The fraction of sp³-hybridized carbons (Fsp3) is 0.148. The Labute approximate surface area is 198 Å². The predicted octanol–water partition coefficient (Wildman–Crippen LogP) is 5.02. The van der Waals surface area contributed by atoms with Gasteiger partial charge in [0, 0.05) is 28.6 Å². The minimum atomic E-state index is -3.70. The van der Waals surface area contributed by atoms with Crippen molar-refractivity contribution in [3.05, 3.63) is 107 Å². The molecule has 1 heterocycles. The van der Waals surface area contributed by atoms with Crippen molar-refractivity contribution in [3.63, 3.8) is 0 Å². The summed E-state index contributed by atoms with van der Waals surface area (Å²) in [5.74, 6) is -0.603. The van der Waals surface area contributed by atoms with Gasteiger partial charge in [-0.15, -0.1) is 0 Å². The van der Waals surface area contributed by atoms with Crippen LogP contribution in [0.25, 0.3) is 6.08 Å². The van der Waals surface area contributed by atoms with Gasteiger partial charge in [-0.05, 0) is 41.8 Å². The number of carbonyl (C=O) groups is 2. The van der Waals surface area contributed by atoms with Crippen molar-refractivity contribution in [1.29, 1.82) is 0 Å². The van der Waals surface area contributed by atoms with Crippen LogP contribution in [0.15, 0.2) is 89.1 Å². The minimum Gasteiger partial charge on any atom is -0.352 e. The first-order valence-electron chi connectivity index (χ1n) is 11.0. The number of hydrogen-bond acceptors (Lipinski definition) is 6. The van der Waals surface area contributed by atoms with Gasteiger partial charge in [-0.25, -0.2) is 8.42 Å². The Morgan fingerprint density at radius 2 is 1.56 bits per heavy atom. The second kappa shape index (κ2) is 8.18. The van der Waals surface area contributed by atoms with Gasteiger partial charge in [0.25, 0.3) is 0 Å². The topological polar surface area (TPSA) is 93.2 Å². The molecule has 34 heavy (non-hydrogen) atoms. The quantitative estimate of drug-likeness (QED) is 0.563. The number of anilines is 1. The van der Waals surface area contributed by atoms with E-state index in [1.165, 1.54) is 12.1 Å². The maximum atomic E-state index is 13.3. The van der Waals surface area contributed by atoms with Crippen LogP contribution < -0.4 is 5.32 Å². The van der Waals surface area contributed by atoms with Crippen LogP contribution in [0.5, 0.6) is 0 Å². The van der Waals surface area contributed by atoms with Crippen molar-refractivity contribution in [3.8, 4) is 0 Å². The summed E-state index contributed by atoms with van der Waals surface area (Å²) in [5.41, 5.74) is 3.24. The molecule has 0 spiro atoms. The van der Waals surface area contributed by atoms with Crippen molar-refractivity contribution >= 4 is 33.2 Å². The largest absolute Gasteiger partial charge is 0.352 e. The summed E-state index contributed by atoms with van der Waals surface area (Å²) < 4.78 is 26.5. The number of benzene rings is 2. The van der Waals surface area contributed by atoms with Gasteiger partial charge in [-0.3, -0.25) is 14.6 Å². The number of fused-ring (bicyclic) bond motifs is 2. The Morgan fingerprint density at radius 1 is 0.882 bits per heavy atom. The number of nitrogens with zero attached hydrogens (tertiary/aromatic N) is 1. The molecule has 2 aliphatic carbocycles. The van der Waals surface area contributed by atoms with Gasteiger partial charge in [0.05, 0.1) is 16.3 Å². The molecule has 0 amide bonds. The van der Waals surface area contributed by atoms with E-state index in [-0.39, 0.29) is 28.1 Å². The zero-order valence-electron chi connectivity index (χ0n) is 18.6. The molecule has 1 aromatic heterocycles. The van der Waals surface area contributed by atoms with Gasteiger partial charge in [0.15, 0.2) is 15.6 Å². The zero-order chi connectivity index (χ0) is 24.0. The first kappa shape index (κ1) is 22.0. The Bertz CT molecular complexity index is 1500. The molecule has 0 aliphatic heterocycles. The normalized spacial score (nSPS) is 17.2. The molecule has 2 aliphatic rings. The van der Waals surface area contributed by atoms with E-state index in [0.717, 1.165) is 5.56 Å². The van der Waals surface area contributed by atoms with Crippen LogP contribution in [0.3, 0.4) is 0 Å². The molecule has 6 nitrogen and oxygen atoms in total. The van der Waals surface area contributed by atoms with Crippen molar-refractivity contribution < 1.29 is 18.0 Å². The number of rotatable bonds is 5. The highest BCUT2D eigenvalue weighted by Gasteiger charge is 2.34. The Balaban J connectivity index is 1.47. The number of sulfone groups is 1. The molecule has 3 aromatic rings. The van der Waals surface area contributed by atoms with Crippen LogP contribution in [0.1, 0.15) is 51.1 Å². The molecule has 170 valence electrons. The third kappa shape index (κ3) is 3.49. The first-order valence-corrected chi connectivity index (χ1v) is 12.5. The minimum absolute atomic E-state index is 0.153. The molecule has 0 radical (unpaired) electrons. The summed E-state index contributed by atoms with van der Waals surface area (Å²) in [6, 6.07) is 16.6. The number of aromatic nitrogens is 1. The molecular weight excluding hydrogens is 448 g/mol. The van der Waals surface area contributed by atoms with Crippen LogP contribution in [0.4, 0.5) is 5.69 Å². The lowest BCUT2D eigenvalue weighted by Gasteiger charge is -2.24. The first-order chi connectivity index (χ1) is 16.3. The molecule has 5 rings (SSSR count). The maximum absolute atomic E-state index is 13.3. The van der Waals surface area contributed by atoms with Crippen molar-refractivity contribution in [2.45, 2.75) is 24.0 Å². The standard InChI is InChI=1S/C27H22N2O4S/c1-16(2)23-25(27(31)21-8-4-3-7-20(21)26(23)30)29-18-10-12-19(13-11-18)34(32,33)22-14-9-17-6-5-15-28-24(17)22/h3-16,22,29H,1-2H3. The Kier molecular flexibility index (Phi) is 5.29. The van der Waals surface area contributed by atoms with E-state index in [1.807, 2.05) is 19.9 Å². The molecule has 0 saturated carbocycles. The van der Waals surface area contributed by atoms with Crippen molar-refractivity contribution in [2.75, 3.05) is 5.32 Å². The predicted molar refractivity (Wildman–Crippen MR) is 130 cm³/mol. The molecule has 0 saturated heterocycles. The highest BCUT2D eigenvalue weighted by molar-refractivity contribution is 7.91. The molecule has 1 N–H and O–H groups in total. The van der Waals surface area contributed by atoms with Gasteiger partial charge in [0.1, 0.15) is 5.25 Å². The number of pyridine rings is 1. The average Bonchev–Trinajstić information content (AvgIpc) is 3.28. The van der Waals surface area contributed by atoms with Crippen LogP contribution >= 0.6 is 0 Å². The lowest BCUT2D eigenvalue weighted by atomic mass is 9.82. The summed E-state index contributed by atoms with van der Waals surface area (Å²) in [6.45, 7) is 3.74. The van der Waals surface area contributed by atoms with E-state index in [1.54, 1.807) is 60.8 Å². The van der Waals surface area contributed by atoms with Crippen LogP contribution in [0.2, 0.25) is 0 Å². The SMILES string of the molecule is CC(C)C1=C(Nc2ccc(S(=O)(=O)C3C=Cc4cccnc43)cc2)C(=O)c2ccccc2C1=O. The van der Waals surface area contributed by atoms with E-state index in [2.05, 4.69) is 10.3 Å². The van der Waals surface area contributed by atoms with Crippen molar-refractivity contribution in [2.24, 2.45) is 5.92 Å².